The Kier molecular flexibility index (Phi) is 6.36. The second-order valence-corrected chi connectivity index (χ2v) is 8.55. The van der Waals surface area contributed by atoms with Gasteiger partial charge in [-0.05, 0) is 66.2 Å². The first-order valence-corrected chi connectivity index (χ1v) is 12.0. The number of aromatic nitrogens is 4. The summed E-state index contributed by atoms with van der Waals surface area (Å²) in [4.78, 5) is 21.6. The number of aromatic amines is 1. The Hall–Kier alpha value is -5.57. The molecule has 0 aliphatic rings. The van der Waals surface area contributed by atoms with Crippen molar-refractivity contribution in [2.45, 2.75) is 0 Å². The van der Waals surface area contributed by atoms with Crippen LogP contribution in [0, 0.1) is 5.82 Å². The van der Waals surface area contributed by atoms with Crippen LogP contribution in [0.1, 0.15) is 10.5 Å². The highest BCUT2D eigenvalue weighted by molar-refractivity contribution is 6.11. The number of para-hydroxylation sites is 1. The van der Waals surface area contributed by atoms with E-state index < -0.39 is 5.91 Å². The van der Waals surface area contributed by atoms with Gasteiger partial charge in [-0.3, -0.25) is 14.9 Å². The standard InChI is InChI=1S/C30H20FN5O3/c31-21-7-10-24(11-8-21)39-28-13-9-22(17-33-28)34-30(37)29-26-15-19(6-12-27(26)35-36-29)20-14-25(18-32-16-20)38-23-4-2-1-3-5-23/h1-18H,(H,34,37)(H,35,36). The lowest BCUT2D eigenvalue weighted by molar-refractivity contribution is 0.102. The molecule has 0 aliphatic heterocycles. The molecule has 39 heavy (non-hydrogen) atoms. The van der Waals surface area contributed by atoms with Crippen LogP contribution in [0.15, 0.2) is 110 Å². The molecule has 3 aromatic carbocycles. The van der Waals surface area contributed by atoms with Crippen molar-refractivity contribution in [3.8, 4) is 34.3 Å². The molecule has 0 spiro atoms. The minimum absolute atomic E-state index is 0.239. The van der Waals surface area contributed by atoms with E-state index in [0.717, 1.165) is 16.6 Å². The lowest BCUT2D eigenvalue weighted by Crippen LogP contribution is -2.13. The number of nitrogens with one attached hydrogen (secondary N) is 2. The molecule has 6 aromatic rings. The molecular formula is C30H20FN5O3. The van der Waals surface area contributed by atoms with Gasteiger partial charge in [-0.2, -0.15) is 5.10 Å². The predicted molar refractivity (Wildman–Crippen MR) is 145 cm³/mol. The van der Waals surface area contributed by atoms with Gasteiger partial charge in [0, 0.05) is 23.2 Å². The van der Waals surface area contributed by atoms with Gasteiger partial charge in [0.1, 0.15) is 23.1 Å². The first kappa shape index (κ1) is 23.8. The van der Waals surface area contributed by atoms with Gasteiger partial charge in [0.2, 0.25) is 5.88 Å². The number of hydrogen-bond acceptors (Lipinski definition) is 6. The molecule has 0 bridgehead atoms. The molecule has 8 nitrogen and oxygen atoms in total. The highest BCUT2D eigenvalue weighted by atomic mass is 19.1. The van der Waals surface area contributed by atoms with Crippen LogP contribution >= 0.6 is 0 Å². The number of nitrogens with zero attached hydrogens (tertiary/aromatic N) is 3. The van der Waals surface area contributed by atoms with E-state index in [1.807, 2.05) is 54.6 Å². The highest BCUT2D eigenvalue weighted by Crippen LogP contribution is 2.29. The topological polar surface area (TPSA) is 102 Å². The molecule has 0 saturated carbocycles. The Balaban J connectivity index is 1.19. The number of rotatable bonds is 7. The molecular weight excluding hydrogens is 497 g/mol. The molecule has 1 amide bonds. The molecule has 6 rings (SSSR count). The van der Waals surface area contributed by atoms with Gasteiger partial charge in [-0.25, -0.2) is 9.37 Å². The van der Waals surface area contributed by atoms with Crippen LogP contribution in [0.4, 0.5) is 10.1 Å². The van der Waals surface area contributed by atoms with E-state index in [-0.39, 0.29) is 11.5 Å². The van der Waals surface area contributed by atoms with Crippen LogP contribution in [0.2, 0.25) is 0 Å². The number of hydrogen-bond donors (Lipinski definition) is 2. The van der Waals surface area contributed by atoms with E-state index in [4.69, 9.17) is 9.47 Å². The fraction of sp³-hybridized carbons (Fsp3) is 0. The van der Waals surface area contributed by atoms with Crippen LogP contribution in [0.5, 0.6) is 23.1 Å². The van der Waals surface area contributed by atoms with Crippen LogP contribution in [-0.4, -0.2) is 26.1 Å². The molecule has 0 aliphatic carbocycles. The van der Waals surface area contributed by atoms with Crippen molar-refractivity contribution in [1.82, 2.24) is 20.2 Å². The second-order valence-electron chi connectivity index (χ2n) is 8.55. The maximum atomic E-state index is 13.1. The first-order chi connectivity index (χ1) is 19.1. The van der Waals surface area contributed by atoms with Crippen molar-refractivity contribution >= 4 is 22.5 Å². The molecule has 0 unspecified atom stereocenters. The Morgan fingerprint density at radius 3 is 2.38 bits per heavy atom. The highest BCUT2D eigenvalue weighted by Gasteiger charge is 2.16. The molecule has 0 radical (unpaired) electrons. The van der Waals surface area contributed by atoms with E-state index in [9.17, 15) is 9.18 Å². The number of carbonyl (C=O) groups excluding carboxylic acids is 1. The van der Waals surface area contributed by atoms with Crippen molar-refractivity contribution in [1.29, 1.82) is 0 Å². The van der Waals surface area contributed by atoms with E-state index in [0.29, 0.717) is 34.2 Å². The Morgan fingerprint density at radius 2 is 1.59 bits per heavy atom. The summed E-state index contributed by atoms with van der Waals surface area (Å²) in [7, 11) is 0. The van der Waals surface area contributed by atoms with Crippen molar-refractivity contribution in [2.75, 3.05) is 5.32 Å². The third-order valence-corrected chi connectivity index (χ3v) is 5.83. The summed E-state index contributed by atoms with van der Waals surface area (Å²) >= 11 is 0. The fourth-order valence-electron chi connectivity index (χ4n) is 3.95. The summed E-state index contributed by atoms with van der Waals surface area (Å²) in [6.07, 6.45) is 4.86. The number of ether oxygens (including phenoxy) is 2. The van der Waals surface area contributed by atoms with Gasteiger partial charge >= 0.3 is 0 Å². The van der Waals surface area contributed by atoms with Crippen molar-refractivity contribution < 1.29 is 18.7 Å². The van der Waals surface area contributed by atoms with E-state index in [1.165, 1.54) is 30.5 Å². The van der Waals surface area contributed by atoms with Gasteiger partial charge in [0.25, 0.3) is 5.91 Å². The minimum atomic E-state index is -0.397. The fourth-order valence-corrected chi connectivity index (χ4v) is 3.95. The number of amides is 1. The number of pyridine rings is 2. The molecule has 0 fully saturated rings. The summed E-state index contributed by atoms with van der Waals surface area (Å²) in [6, 6.07) is 25.9. The molecule has 190 valence electrons. The van der Waals surface area contributed by atoms with Crippen LogP contribution in [0.25, 0.3) is 22.0 Å². The monoisotopic (exact) mass is 517 g/mol. The van der Waals surface area contributed by atoms with Crippen molar-refractivity contribution in [3.05, 3.63) is 121 Å². The van der Waals surface area contributed by atoms with Crippen molar-refractivity contribution in [3.63, 3.8) is 0 Å². The lowest BCUT2D eigenvalue weighted by atomic mass is 10.0. The van der Waals surface area contributed by atoms with Crippen LogP contribution in [0.3, 0.4) is 0 Å². The lowest BCUT2D eigenvalue weighted by Gasteiger charge is -2.08. The molecule has 9 heteroatoms. The van der Waals surface area contributed by atoms with E-state index in [2.05, 4.69) is 25.5 Å². The number of benzene rings is 3. The Morgan fingerprint density at radius 1 is 0.769 bits per heavy atom. The van der Waals surface area contributed by atoms with Gasteiger partial charge in [-0.1, -0.05) is 24.3 Å². The largest absolute Gasteiger partial charge is 0.456 e. The van der Waals surface area contributed by atoms with E-state index in [1.54, 1.807) is 24.5 Å². The Labute approximate surface area is 222 Å². The van der Waals surface area contributed by atoms with Gasteiger partial charge in [0.15, 0.2) is 5.69 Å². The molecule has 2 N–H and O–H groups in total. The summed E-state index contributed by atoms with van der Waals surface area (Å²) < 4.78 is 24.6. The van der Waals surface area contributed by atoms with Crippen LogP contribution in [-0.2, 0) is 0 Å². The molecule has 0 atom stereocenters. The van der Waals surface area contributed by atoms with Gasteiger partial charge in [0.05, 0.1) is 23.6 Å². The number of fused-ring (bicyclic) bond motifs is 1. The number of anilines is 1. The average Bonchev–Trinajstić information content (AvgIpc) is 3.40. The number of H-pyrrole nitrogens is 1. The number of halogens is 1. The third kappa shape index (κ3) is 5.42. The average molecular weight is 518 g/mol. The quantitative estimate of drug-likeness (QED) is 0.237. The SMILES string of the molecule is O=C(Nc1ccc(Oc2ccc(F)cc2)nc1)c1n[nH]c2ccc(-c3cncc(Oc4ccccc4)c3)cc12. The molecule has 0 saturated heterocycles. The maximum absolute atomic E-state index is 13.1. The second kappa shape index (κ2) is 10.4. The van der Waals surface area contributed by atoms with Gasteiger partial charge in [-0.15, -0.1) is 0 Å². The summed E-state index contributed by atoms with van der Waals surface area (Å²) in [6.45, 7) is 0. The summed E-state index contributed by atoms with van der Waals surface area (Å²) in [5.41, 5.74) is 3.11. The maximum Gasteiger partial charge on any atom is 0.276 e. The summed E-state index contributed by atoms with van der Waals surface area (Å²) in [5, 5.41) is 10.6. The zero-order valence-electron chi connectivity index (χ0n) is 20.3. The predicted octanol–water partition coefficient (Wildman–Crippen LogP) is 7.00. The van der Waals surface area contributed by atoms with E-state index >= 15 is 0 Å². The molecule has 3 aromatic heterocycles. The zero-order valence-corrected chi connectivity index (χ0v) is 20.3. The minimum Gasteiger partial charge on any atom is -0.456 e. The van der Waals surface area contributed by atoms with Gasteiger partial charge < -0.3 is 14.8 Å². The van der Waals surface area contributed by atoms with Crippen molar-refractivity contribution in [2.24, 2.45) is 0 Å². The third-order valence-electron chi connectivity index (χ3n) is 5.83. The van der Waals surface area contributed by atoms with Crippen LogP contribution < -0.4 is 14.8 Å². The zero-order chi connectivity index (χ0) is 26.6. The number of carbonyl (C=O) groups is 1. The first-order valence-electron chi connectivity index (χ1n) is 12.0. The normalized spacial score (nSPS) is 10.8. The molecule has 3 heterocycles. The smallest absolute Gasteiger partial charge is 0.276 e. The summed E-state index contributed by atoms with van der Waals surface area (Å²) in [5.74, 6) is 1.32. The Bertz CT molecular complexity index is 1750.